The van der Waals surface area contributed by atoms with Gasteiger partial charge in [-0.25, -0.2) is 0 Å². The average molecular weight is 483 g/mol. The molecular formula is C26H24MnN2O4+2. The fraction of sp³-hybridized carbons (Fsp3) is 0.115. The van der Waals surface area contributed by atoms with Gasteiger partial charge in [-0.15, -0.1) is 0 Å². The summed E-state index contributed by atoms with van der Waals surface area (Å²) in [6.45, 7) is 1.08. The zero-order chi connectivity index (χ0) is 22.9. The molecule has 3 N–H and O–H groups in total. The summed E-state index contributed by atoms with van der Waals surface area (Å²) >= 11 is 0. The third-order valence-corrected chi connectivity index (χ3v) is 4.71. The van der Waals surface area contributed by atoms with Gasteiger partial charge in [0.05, 0.1) is 11.4 Å². The van der Waals surface area contributed by atoms with Gasteiger partial charge in [0.1, 0.15) is 11.5 Å². The number of phenolic OH excluding ortho intramolecular Hbond substituents is 2. The van der Waals surface area contributed by atoms with E-state index in [2.05, 4.69) is 9.98 Å². The van der Waals surface area contributed by atoms with Crippen LogP contribution in [-0.4, -0.2) is 33.7 Å². The number of benzene rings is 3. The Hall–Kier alpha value is -3.67. The number of carboxylic acid groups (broad SMARTS) is 1. The third-order valence-electron chi connectivity index (χ3n) is 4.71. The smallest absolute Gasteiger partial charge is 0.507 e. The van der Waals surface area contributed by atoms with Crippen LogP contribution in [0.1, 0.15) is 29.2 Å². The first kappa shape index (κ1) is 25.6. The fourth-order valence-electron chi connectivity index (χ4n) is 3.14. The molecule has 0 spiro atoms. The standard InChI is InChI=1S/C24H20N2O2.C2H4O2.Mn/c27-23-17-7-1-2-8-18-10-6-12-20(24(18)28)16-26-22-14-4-3-13-21(22)25-15-19(23)11-5-9-17;1-2(3)4;/h1-6,9-16,27-28H,7-8H2;1H3,(H,3,4);/q;;+2/b2-1-,25-15?,26-16?;;. The zero-order valence-corrected chi connectivity index (χ0v) is 19.2. The second-order valence-corrected chi connectivity index (χ2v) is 7.11. The summed E-state index contributed by atoms with van der Waals surface area (Å²) in [5.41, 5.74) is 4.37. The van der Waals surface area contributed by atoms with Gasteiger partial charge in [0.15, 0.2) is 0 Å². The molecule has 167 valence electrons. The van der Waals surface area contributed by atoms with Crippen LogP contribution in [0.3, 0.4) is 0 Å². The molecule has 1 aliphatic heterocycles. The topological polar surface area (TPSA) is 102 Å². The van der Waals surface area contributed by atoms with Crippen LogP contribution in [0.2, 0.25) is 0 Å². The Bertz CT molecular complexity index is 1110. The molecule has 3 aromatic rings. The van der Waals surface area contributed by atoms with Crippen LogP contribution < -0.4 is 0 Å². The van der Waals surface area contributed by atoms with Crippen LogP contribution in [-0.2, 0) is 34.7 Å². The molecule has 1 radical (unpaired) electrons. The maximum absolute atomic E-state index is 10.6. The molecule has 1 heterocycles. The predicted octanol–water partition coefficient (Wildman–Crippen LogP) is 5.34. The quantitative estimate of drug-likeness (QED) is 0.297. The molecule has 0 saturated carbocycles. The molecule has 0 atom stereocenters. The van der Waals surface area contributed by atoms with Crippen molar-refractivity contribution in [3.63, 3.8) is 0 Å². The van der Waals surface area contributed by atoms with E-state index in [4.69, 9.17) is 9.90 Å². The third kappa shape index (κ3) is 7.17. The molecular weight excluding hydrogens is 459 g/mol. The molecule has 4 rings (SSSR count). The van der Waals surface area contributed by atoms with Crippen molar-refractivity contribution in [2.45, 2.75) is 19.8 Å². The summed E-state index contributed by atoms with van der Waals surface area (Å²) in [5.74, 6) is -0.373. The molecule has 6 nitrogen and oxygen atoms in total. The Morgan fingerprint density at radius 1 is 0.727 bits per heavy atom. The maximum Gasteiger partial charge on any atom is 2.00 e. The number of carboxylic acids is 1. The molecule has 1 aliphatic rings. The number of para-hydroxylation sites is 4. The van der Waals surface area contributed by atoms with E-state index >= 15 is 0 Å². The minimum Gasteiger partial charge on any atom is -0.507 e. The summed E-state index contributed by atoms with van der Waals surface area (Å²) in [4.78, 5) is 18.1. The summed E-state index contributed by atoms with van der Waals surface area (Å²) < 4.78 is 0. The molecule has 0 aromatic heterocycles. The van der Waals surface area contributed by atoms with Crippen molar-refractivity contribution < 1.29 is 37.2 Å². The first-order chi connectivity index (χ1) is 15.5. The van der Waals surface area contributed by atoms with E-state index in [1.807, 2.05) is 72.8 Å². The molecule has 3 aromatic carbocycles. The van der Waals surface area contributed by atoms with Crippen LogP contribution in [0.15, 0.2) is 82.8 Å². The van der Waals surface area contributed by atoms with E-state index in [9.17, 15) is 10.2 Å². The van der Waals surface area contributed by atoms with Crippen molar-refractivity contribution in [3.8, 4) is 11.5 Å². The average Bonchev–Trinajstić information content (AvgIpc) is 2.76. The number of aliphatic imine (C=N–C) groups is 2. The molecule has 0 unspecified atom stereocenters. The van der Waals surface area contributed by atoms with Gasteiger partial charge in [-0.05, 0) is 48.2 Å². The minimum absolute atomic E-state index is 0. The van der Waals surface area contributed by atoms with Crippen molar-refractivity contribution >= 4 is 29.8 Å². The predicted molar refractivity (Wildman–Crippen MR) is 127 cm³/mol. The Labute approximate surface area is 203 Å². The molecule has 33 heavy (non-hydrogen) atoms. The second kappa shape index (κ2) is 12.4. The van der Waals surface area contributed by atoms with E-state index in [0.717, 1.165) is 18.1 Å². The van der Waals surface area contributed by atoms with Crippen molar-refractivity contribution in [2.24, 2.45) is 9.98 Å². The van der Waals surface area contributed by atoms with Gasteiger partial charge in [0.2, 0.25) is 0 Å². The Balaban J connectivity index is 0.000000714. The number of rotatable bonds is 0. The second-order valence-electron chi connectivity index (χ2n) is 7.11. The Morgan fingerprint density at radius 2 is 1.12 bits per heavy atom. The van der Waals surface area contributed by atoms with E-state index in [1.165, 1.54) is 0 Å². The number of hydrogen-bond acceptors (Lipinski definition) is 5. The summed E-state index contributed by atoms with van der Waals surface area (Å²) in [7, 11) is 0. The normalized spacial score (nSPS) is 13.0. The monoisotopic (exact) mass is 483 g/mol. The van der Waals surface area contributed by atoms with Gasteiger partial charge in [-0.1, -0.05) is 48.6 Å². The first-order valence-corrected chi connectivity index (χ1v) is 10.1. The van der Waals surface area contributed by atoms with Crippen LogP contribution in [0, 0.1) is 0 Å². The van der Waals surface area contributed by atoms with Gasteiger partial charge < -0.3 is 15.3 Å². The molecule has 0 fully saturated rings. The molecule has 0 amide bonds. The van der Waals surface area contributed by atoms with Gasteiger partial charge in [0, 0.05) is 30.5 Å². The first-order valence-electron chi connectivity index (χ1n) is 10.1. The van der Waals surface area contributed by atoms with Crippen LogP contribution >= 0.6 is 0 Å². The number of phenols is 2. The van der Waals surface area contributed by atoms with Crippen LogP contribution in [0.5, 0.6) is 11.5 Å². The maximum atomic E-state index is 10.6. The summed E-state index contributed by atoms with van der Waals surface area (Å²) in [6.07, 6.45) is 8.51. The summed E-state index contributed by atoms with van der Waals surface area (Å²) in [5, 5.41) is 28.6. The Morgan fingerprint density at radius 3 is 1.52 bits per heavy atom. The molecule has 0 aliphatic carbocycles. The number of nitrogens with zero attached hydrogens (tertiary/aromatic N) is 2. The molecule has 4 bridgehead atoms. The van der Waals surface area contributed by atoms with E-state index in [-0.39, 0.29) is 28.6 Å². The zero-order valence-electron chi connectivity index (χ0n) is 18.0. The van der Waals surface area contributed by atoms with Gasteiger partial charge in [-0.2, -0.15) is 0 Å². The van der Waals surface area contributed by atoms with Crippen molar-refractivity contribution in [1.29, 1.82) is 0 Å². The largest absolute Gasteiger partial charge is 2.00 e. The number of aromatic hydroxyl groups is 2. The van der Waals surface area contributed by atoms with Crippen molar-refractivity contribution in [1.82, 2.24) is 0 Å². The minimum atomic E-state index is -0.833. The number of aliphatic carboxylic acids is 1. The molecule has 7 heteroatoms. The van der Waals surface area contributed by atoms with Crippen LogP contribution in [0.4, 0.5) is 11.4 Å². The van der Waals surface area contributed by atoms with Crippen molar-refractivity contribution in [2.75, 3.05) is 0 Å². The summed E-state index contributed by atoms with van der Waals surface area (Å²) in [6, 6.07) is 18.8. The van der Waals surface area contributed by atoms with Gasteiger partial charge in [-0.3, -0.25) is 14.8 Å². The van der Waals surface area contributed by atoms with E-state index < -0.39 is 5.97 Å². The fourth-order valence-corrected chi connectivity index (χ4v) is 3.14. The number of fused-ring (bicyclic) bond motifs is 5. The number of carbonyl (C=O) groups is 1. The van der Waals surface area contributed by atoms with Gasteiger partial charge >= 0.3 is 17.1 Å². The van der Waals surface area contributed by atoms with Crippen LogP contribution in [0.25, 0.3) is 0 Å². The number of allylic oxidation sites excluding steroid dienone is 2. The van der Waals surface area contributed by atoms with Crippen molar-refractivity contribution in [3.05, 3.63) is 95.1 Å². The SMILES string of the molecule is CC(=O)O.Oc1c2cccc1C/C=C\Cc1cccc(c1O)C=Nc1ccccc1N=C2.[Mn+2]. The number of hydrogen-bond donors (Lipinski definition) is 3. The Kier molecular flexibility index (Phi) is 9.61. The van der Waals surface area contributed by atoms with E-state index in [0.29, 0.717) is 35.3 Å². The molecule has 0 saturated heterocycles. The van der Waals surface area contributed by atoms with E-state index in [1.54, 1.807) is 12.4 Å². The van der Waals surface area contributed by atoms with Gasteiger partial charge in [0.25, 0.3) is 5.97 Å².